The molecule has 2 aromatic carbocycles. The molecule has 1 N–H and O–H groups in total. The smallest absolute Gasteiger partial charge is 0.209 e. The summed E-state index contributed by atoms with van der Waals surface area (Å²) in [7, 11) is 1.70. The standard InChI is InChI=1S/C26H34ClNO3/c1-20-8-5-9-21(16-20)17-23-24(11-6-12-25(23)27)26(30,13-3-4-15-31-2)22-10-7-14-28(18-22)19-29/h5-6,8-9,11-12,16,19,22,30H,3-4,7,10,13-15,17-18H2,1-2H3/t22?,26-/m0/s1. The minimum Gasteiger partial charge on any atom is -0.385 e. The van der Waals surface area contributed by atoms with Gasteiger partial charge >= 0.3 is 0 Å². The zero-order chi connectivity index (χ0) is 22.3. The van der Waals surface area contributed by atoms with Gasteiger partial charge in [0.15, 0.2) is 0 Å². The van der Waals surface area contributed by atoms with Gasteiger partial charge in [0.25, 0.3) is 0 Å². The van der Waals surface area contributed by atoms with Crippen LogP contribution < -0.4 is 0 Å². The normalized spacial score (nSPS) is 18.6. The number of benzene rings is 2. The summed E-state index contributed by atoms with van der Waals surface area (Å²) < 4.78 is 5.22. The van der Waals surface area contributed by atoms with Gasteiger partial charge in [-0.2, -0.15) is 0 Å². The van der Waals surface area contributed by atoms with Crippen LogP contribution in [0, 0.1) is 12.8 Å². The molecule has 0 radical (unpaired) electrons. The lowest BCUT2D eigenvalue weighted by Gasteiger charge is -2.43. The van der Waals surface area contributed by atoms with Gasteiger partial charge in [-0.15, -0.1) is 0 Å². The first-order chi connectivity index (χ1) is 15.0. The second-order valence-electron chi connectivity index (χ2n) is 8.75. The molecule has 2 aromatic rings. The molecule has 2 atom stereocenters. The zero-order valence-electron chi connectivity index (χ0n) is 18.6. The molecule has 1 saturated heterocycles. The first-order valence-electron chi connectivity index (χ1n) is 11.2. The summed E-state index contributed by atoms with van der Waals surface area (Å²) >= 11 is 6.71. The van der Waals surface area contributed by atoms with E-state index in [2.05, 4.69) is 31.2 Å². The molecule has 1 fully saturated rings. The molecule has 5 heteroatoms. The van der Waals surface area contributed by atoms with Crippen LogP contribution >= 0.6 is 11.6 Å². The Morgan fingerprint density at radius 2 is 2.06 bits per heavy atom. The quantitative estimate of drug-likeness (QED) is 0.410. The van der Waals surface area contributed by atoms with Crippen molar-refractivity contribution in [1.29, 1.82) is 0 Å². The number of aryl methyl sites for hydroxylation is 1. The Morgan fingerprint density at radius 3 is 2.81 bits per heavy atom. The van der Waals surface area contributed by atoms with Gasteiger partial charge in [-0.3, -0.25) is 4.79 Å². The SMILES string of the molecule is COCCCC[C@@](O)(c1cccc(Cl)c1Cc1cccc(C)c1)C1CCCN(C=O)C1. The Morgan fingerprint density at radius 1 is 1.26 bits per heavy atom. The molecule has 0 aromatic heterocycles. The van der Waals surface area contributed by atoms with Crippen LogP contribution in [0.5, 0.6) is 0 Å². The third-order valence-electron chi connectivity index (χ3n) is 6.48. The Bertz CT molecular complexity index is 871. The summed E-state index contributed by atoms with van der Waals surface area (Å²) in [6.07, 6.45) is 5.72. The van der Waals surface area contributed by atoms with Gasteiger partial charge in [0.05, 0.1) is 5.60 Å². The van der Waals surface area contributed by atoms with Crippen LogP contribution in [0.25, 0.3) is 0 Å². The molecule has 0 bridgehead atoms. The summed E-state index contributed by atoms with van der Waals surface area (Å²) in [6, 6.07) is 14.3. The zero-order valence-corrected chi connectivity index (χ0v) is 19.4. The lowest BCUT2D eigenvalue weighted by molar-refractivity contribution is -0.123. The minimum absolute atomic E-state index is 0.0243. The number of hydrogen-bond acceptors (Lipinski definition) is 3. The highest BCUT2D eigenvalue weighted by atomic mass is 35.5. The molecule has 0 spiro atoms. The van der Waals surface area contributed by atoms with E-state index in [0.717, 1.165) is 49.8 Å². The van der Waals surface area contributed by atoms with Gasteiger partial charge in [0, 0.05) is 37.7 Å². The Kier molecular flexibility index (Phi) is 8.53. The number of unbranched alkanes of at least 4 members (excludes halogenated alkanes) is 1. The average Bonchev–Trinajstić information content (AvgIpc) is 2.78. The number of likely N-dealkylation sites (tertiary alicyclic amines) is 1. The fourth-order valence-electron chi connectivity index (χ4n) is 4.86. The Balaban J connectivity index is 1.99. The second kappa shape index (κ2) is 11.1. The highest BCUT2D eigenvalue weighted by Gasteiger charge is 2.41. The molecule has 1 heterocycles. The lowest BCUT2D eigenvalue weighted by Crippen LogP contribution is -2.46. The summed E-state index contributed by atoms with van der Waals surface area (Å²) in [4.78, 5) is 13.3. The predicted molar refractivity (Wildman–Crippen MR) is 125 cm³/mol. The van der Waals surface area contributed by atoms with E-state index in [1.54, 1.807) is 12.0 Å². The predicted octanol–water partition coefficient (Wildman–Crippen LogP) is 5.11. The van der Waals surface area contributed by atoms with E-state index in [9.17, 15) is 9.90 Å². The lowest BCUT2D eigenvalue weighted by atomic mass is 9.72. The molecule has 1 aliphatic heterocycles. The van der Waals surface area contributed by atoms with Crippen LogP contribution in [0.2, 0.25) is 5.02 Å². The Hall–Kier alpha value is -1.88. The van der Waals surface area contributed by atoms with Crippen LogP contribution in [0.15, 0.2) is 42.5 Å². The van der Waals surface area contributed by atoms with E-state index >= 15 is 0 Å². The van der Waals surface area contributed by atoms with Gasteiger partial charge in [-0.05, 0) is 68.2 Å². The number of aliphatic hydroxyl groups is 1. The molecule has 0 aliphatic carbocycles. The van der Waals surface area contributed by atoms with Crippen LogP contribution in [0.1, 0.15) is 54.4 Å². The number of methoxy groups -OCH3 is 1. The summed E-state index contributed by atoms with van der Waals surface area (Å²) in [5.74, 6) is -0.0243. The fraction of sp³-hybridized carbons (Fsp3) is 0.500. The van der Waals surface area contributed by atoms with Crippen molar-refractivity contribution in [3.05, 3.63) is 69.7 Å². The summed E-state index contributed by atoms with van der Waals surface area (Å²) in [6.45, 7) is 4.08. The second-order valence-corrected chi connectivity index (χ2v) is 9.15. The molecular formula is C26H34ClNO3. The van der Waals surface area contributed by atoms with Crippen molar-refractivity contribution in [2.45, 2.75) is 51.0 Å². The largest absolute Gasteiger partial charge is 0.385 e. The number of ether oxygens (including phenoxy) is 1. The number of hydrogen-bond donors (Lipinski definition) is 1. The molecule has 1 unspecified atom stereocenters. The number of piperidine rings is 1. The first-order valence-corrected chi connectivity index (χ1v) is 11.6. The van der Waals surface area contributed by atoms with Gasteiger partial charge in [-0.1, -0.05) is 53.6 Å². The van der Waals surface area contributed by atoms with Crippen LogP contribution in [-0.4, -0.2) is 43.2 Å². The van der Waals surface area contributed by atoms with Gasteiger partial charge < -0.3 is 14.7 Å². The van der Waals surface area contributed by atoms with E-state index in [0.29, 0.717) is 31.0 Å². The number of carbonyl (C=O) groups is 1. The highest BCUT2D eigenvalue weighted by Crippen LogP contribution is 2.43. The van der Waals surface area contributed by atoms with Gasteiger partial charge in [0.2, 0.25) is 6.41 Å². The van der Waals surface area contributed by atoms with E-state index in [4.69, 9.17) is 16.3 Å². The highest BCUT2D eigenvalue weighted by molar-refractivity contribution is 6.31. The van der Waals surface area contributed by atoms with Gasteiger partial charge in [-0.25, -0.2) is 0 Å². The molecule has 168 valence electrons. The van der Waals surface area contributed by atoms with Crippen molar-refractivity contribution in [2.24, 2.45) is 5.92 Å². The van der Waals surface area contributed by atoms with E-state index < -0.39 is 5.60 Å². The number of halogens is 1. The van der Waals surface area contributed by atoms with Gasteiger partial charge in [0.1, 0.15) is 0 Å². The van der Waals surface area contributed by atoms with Crippen molar-refractivity contribution in [3.63, 3.8) is 0 Å². The molecular weight excluding hydrogens is 410 g/mol. The number of amides is 1. The minimum atomic E-state index is -1.04. The topological polar surface area (TPSA) is 49.8 Å². The van der Waals surface area contributed by atoms with E-state index in [1.807, 2.05) is 18.2 Å². The number of carbonyl (C=O) groups excluding carboxylic acids is 1. The van der Waals surface area contributed by atoms with Crippen LogP contribution in [0.3, 0.4) is 0 Å². The van der Waals surface area contributed by atoms with Crippen molar-refractivity contribution in [1.82, 2.24) is 4.90 Å². The molecule has 4 nitrogen and oxygen atoms in total. The monoisotopic (exact) mass is 443 g/mol. The number of nitrogens with zero attached hydrogens (tertiary/aromatic N) is 1. The Labute approximate surface area is 191 Å². The maximum atomic E-state index is 12.2. The fourth-order valence-corrected chi connectivity index (χ4v) is 5.10. The summed E-state index contributed by atoms with van der Waals surface area (Å²) in [5, 5.41) is 12.9. The van der Waals surface area contributed by atoms with Crippen molar-refractivity contribution < 1.29 is 14.6 Å². The third-order valence-corrected chi connectivity index (χ3v) is 6.84. The molecule has 3 rings (SSSR count). The number of rotatable bonds is 10. The van der Waals surface area contributed by atoms with Crippen molar-refractivity contribution >= 4 is 18.0 Å². The van der Waals surface area contributed by atoms with Crippen LogP contribution in [0.4, 0.5) is 0 Å². The maximum Gasteiger partial charge on any atom is 0.209 e. The molecule has 1 aliphatic rings. The van der Waals surface area contributed by atoms with Crippen molar-refractivity contribution in [2.75, 3.05) is 26.8 Å². The first kappa shape index (κ1) is 23.8. The third kappa shape index (κ3) is 5.88. The molecule has 1 amide bonds. The van der Waals surface area contributed by atoms with Crippen molar-refractivity contribution in [3.8, 4) is 0 Å². The maximum absolute atomic E-state index is 12.2. The van der Waals surface area contributed by atoms with E-state index in [-0.39, 0.29) is 5.92 Å². The summed E-state index contributed by atoms with van der Waals surface area (Å²) in [5.41, 5.74) is 3.22. The molecule has 31 heavy (non-hydrogen) atoms. The van der Waals surface area contributed by atoms with E-state index in [1.165, 1.54) is 11.1 Å². The average molecular weight is 444 g/mol. The molecule has 0 saturated carbocycles. The van der Waals surface area contributed by atoms with Crippen LogP contribution in [-0.2, 0) is 21.6 Å².